The zero-order valence-corrected chi connectivity index (χ0v) is 16.6. The Labute approximate surface area is 173 Å². The molecule has 2 aromatic carbocycles. The molecule has 29 heavy (non-hydrogen) atoms. The molecule has 2 aliphatic heterocycles. The van der Waals surface area contributed by atoms with Gasteiger partial charge in [0, 0.05) is 37.0 Å². The zero-order valence-electron chi connectivity index (χ0n) is 15.9. The summed E-state index contributed by atoms with van der Waals surface area (Å²) in [5.74, 6) is -0.424. The average molecular weight is 417 g/mol. The molecule has 0 radical (unpaired) electrons. The van der Waals surface area contributed by atoms with Gasteiger partial charge in [-0.3, -0.25) is 14.9 Å². The standard InChI is InChI=1S/C22H22ClFN2O3/c23-16-3-1-14(2-4-16)15-9-11-26(12-10-15)19-6-5-17(13-18(19)24)29-20-7-8-21(27)25-22(20)28/h1-6,13,15,20H,7-12H2,(H,25,27,28). The van der Waals surface area contributed by atoms with Crippen LogP contribution in [-0.2, 0) is 9.59 Å². The summed E-state index contributed by atoms with van der Waals surface area (Å²) >= 11 is 5.96. The van der Waals surface area contributed by atoms with Gasteiger partial charge in [-0.05, 0) is 48.6 Å². The fourth-order valence-electron chi connectivity index (χ4n) is 3.96. The first-order valence-electron chi connectivity index (χ1n) is 9.80. The van der Waals surface area contributed by atoms with E-state index in [4.69, 9.17) is 16.3 Å². The van der Waals surface area contributed by atoms with E-state index < -0.39 is 12.0 Å². The molecule has 152 valence electrons. The van der Waals surface area contributed by atoms with E-state index in [2.05, 4.69) is 17.4 Å². The molecule has 0 bridgehead atoms. The molecule has 7 heteroatoms. The highest BCUT2D eigenvalue weighted by Crippen LogP contribution is 2.33. The smallest absolute Gasteiger partial charge is 0.267 e. The summed E-state index contributed by atoms with van der Waals surface area (Å²) in [5.41, 5.74) is 1.80. The van der Waals surface area contributed by atoms with Crippen molar-refractivity contribution >= 4 is 29.1 Å². The molecule has 5 nitrogen and oxygen atoms in total. The third kappa shape index (κ3) is 4.53. The summed E-state index contributed by atoms with van der Waals surface area (Å²) in [4.78, 5) is 25.1. The number of anilines is 1. The Bertz CT molecular complexity index is 911. The van der Waals surface area contributed by atoms with Crippen molar-refractivity contribution in [2.45, 2.75) is 37.7 Å². The second-order valence-corrected chi connectivity index (χ2v) is 7.92. The number of hydrogen-bond donors (Lipinski definition) is 1. The van der Waals surface area contributed by atoms with Crippen LogP contribution < -0.4 is 15.0 Å². The van der Waals surface area contributed by atoms with Gasteiger partial charge in [0.1, 0.15) is 11.6 Å². The van der Waals surface area contributed by atoms with Crippen molar-refractivity contribution in [3.63, 3.8) is 0 Å². The van der Waals surface area contributed by atoms with Crippen LogP contribution in [0.4, 0.5) is 10.1 Å². The molecule has 2 aliphatic rings. The molecule has 1 unspecified atom stereocenters. The maximum atomic E-state index is 14.7. The van der Waals surface area contributed by atoms with Gasteiger partial charge in [-0.1, -0.05) is 23.7 Å². The molecule has 2 fully saturated rings. The van der Waals surface area contributed by atoms with Crippen molar-refractivity contribution in [3.05, 3.63) is 58.9 Å². The van der Waals surface area contributed by atoms with Gasteiger partial charge in [0.05, 0.1) is 5.69 Å². The first-order valence-corrected chi connectivity index (χ1v) is 10.2. The van der Waals surface area contributed by atoms with Crippen molar-refractivity contribution in [3.8, 4) is 5.75 Å². The minimum absolute atomic E-state index is 0.222. The van der Waals surface area contributed by atoms with Gasteiger partial charge in [0.2, 0.25) is 5.91 Å². The third-order valence-electron chi connectivity index (χ3n) is 5.56. The van der Waals surface area contributed by atoms with Crippen LogP contribution in [0.3, 0.4) is 0 Å². The van der Waals surface area contributed by atoms with Crippen LogP contribution in [0, 0.1) is 5.82 Å². The van der Waals surface area contributed by atoms with Gasteiger partial charge in [0.25, 0.3) is 5.91 Å². The highest BCUT2D eigenvalue weighted by atomic mass is 35.5. The van der Waals surface area contributed by atoms with Gasteiger partial charge in [0.15, 0.2) is 6.10 Å². The molecule has 0 aromatic heterocycles. The number of halogens is 2. The fourth-order valence-corrected chi connectivity index (χ4v) is 4.08. The molecular formula is C22H22ClFN2O3. The molecule has 4 rings (SSSR count). The van der Waals surface area contributed by atoms with Crippen molar-refractivity contribution in [1.29, 1.82) is 0 Å². The van der Waals surface area contributed by atoms with Crippen LogP contribution in [0.5, 0.6) is 5.75 Å². The van der Waals surface area contributed by atoms with Crippen LogP contribution in [-0.4, -0.2) is 31.0 Å². The summed E-state index contributed by atoms with van der Waals surface area (Å²) in [6.45, 7) is 1.52. The Morgan fingerprint density at radius 2 is 1.76 bits per heavy atom. The normalized spacial score (nSPS) is 20.5. The molecule has 2 amide bonds. The second kappa shape index (κ2) is 8.41. The molecule has 1 N–H and O–H groups in total. The Morgan fingerprint density at radius 1 is 1.03 bits per heavy atom. The van der Waals surface area contributed by atoms with E-state index in [1.807, 2.05) is 17.0 Å². The number of imide groups is 1. The highest BCUT2D eigenvalue weighted by molar-refractivity contribution is 6.30. The van der Waals surface area contributed by atoms with Crippen molar-refractivity contribution in [1.82, 2.24) is 5.32 Å². The maximum Gasteiger partial charge on any atom is 0.267 e. The van der Waals surface area contributed by atoms with E-state index >= 15 is 0 Å². The molecule has 2 aromatic rings. The summed E-state index contributed by atoms with van der Waals surface area (Å²) in [7, 11) is 0. The van der Waals surface area contributed by atoms with Crippen molar-refractivity contribution in [2.24, 2.45) is 0 Å². The monoisotopic (exact) mass is 416 g/mol. The lowest BCUT2D eigenvalue weighted by atomic mass is 9.89. The topological polar surface area (TPSA) is 58.6 Å². The number of ether oxygens (including phenoxy) is 1. The summed E-state index contributed by atoms with van der Waals surface area (Å²) in [6, 6.07) is 12.6. The number of amides is 2. The van der Waals surface area contributed by atoms with Gasteiger partial charge in [-0.25, -0.2) is 4.39 Å². The predicted octanol–water partition coefficient (Wildman–Crippen LogP) is 4.05. The highest BCUT2D eigenvalue weighted by Gasteiger charge is 2.29. The molecule has 2 saturated heterocycles. The molecule has 2 heterocycles. The van der Waals surface area contributed by atoms with Gasteiger partial charge in [-0.2, -0.15) is 0 Å². The minimum atomic E-state index is -0.770. The first kappa shape index (κ1) is 19.7. The summed E-state index contributed by atoms with van der Waals surface area (Å²) in [6.07, 6.45) is 1.63. The Kier molecular flexibility index (Phi) is 5.72. The van der Waals surface area contributed by atoms with Crippen molar-refractivity contribution in [2.75, 3.05) is 18.0 Å². The quantitative estimate of drug-likeness (QED) is 0.764. The summed E-state index contributed by atoms with van der Waals surface area (Å²) < 4.78 is 20.3. The number of nitrogens with one attached hydrogen (secondary N) is 1. The van der Waals surface area contributed by atoms with Crippen LogP contribution in [0.1, 0.15) is 37.2 Å². The summed E-state index contributed by atoms with van der Waals surface area (Å²) in [5, 5.41) is 2.97. The van der Waals surface area contributed by atoms with E-state index in [1.54, 1.807) is 12.1 Å². The Hall–Kier alpha value is -2.60. The third-order valence-corrected chi connectivity index (χ3v) is 5.82. The van der Waals surface area contributed by atoms with E-state index in [1.165, 1.54) is 11.6 Å². The number of nitrogens with zero attached hydrogens (tertiary/aromatic N) is 1. The molecule has 0 spiro atoms. The zero-order chi connectivity index (χ0) is 20.4. The molecule has 1 atom stereocenters. The average Bonchev–Trinajstić information content (AvgIpc) is 2.71. The number of carbonyl (C=O) groups excluding carboxylic acids is 2. The predicted molar refractivity (Wildman–Crippen MR) is 109 cm³/mol. The fraction of sp³-hybridized carbons (Fsp3) is 0.364. The number of hydrogen-bond acceptors (Lipinski definition) is 4. The number of rotatable bonds is 4. The van der Waals surface area contributed by atoms with Crippen LogP contribution >= 0.6 is 11.6 Å². The van der Waals surface area contributed by atoms with Gasteiger partial charge < -0.3 is 9.64 Å². The molecule has 0 saturated carbocycles. The van der Waals surface area contributed by atoms with Crippen LogP contribution in [0.15, 0.2) is 42.5 Å². The number of piperidine rings is 2. The van der Waals surface area contributed by atoms with Gasteiger partial charge in [-0.15, -0.1) is 0 Å². The van der Waals surface area contributed by atoms with Crippen LogP contribution in [0.25, 0.3) is 0 Å². The SMILES string of the molecule is O=C1CCC(Oc2ccc(N3CCC(c4ccc(Cl)cc4)CC3)c(F)c2)C(=O)N1. The van der Waals surface area contributed by atoms with Crippen LogP contribution in [0.2, 0.25) is 5.02 Å². The number of benzene rings is 2. The first-order chi connectivity index (χ1) is 14.0. The molecular weight excluding hydrogens is 395 g/mol. The van der Waals surface area contributed by atoms with Gasteiger partial charge >= 0.3 is 0 Å². The largest absolute Gasteiger partial charge is 0.480 e. The van der Waals surface area contributed by atoms with Crippen molar-refractivity contribution < 1.29 is 18.7 Å². The Morgan fingerprint density at radius 3 is 2.41 bits per heavy atom. The minimum Gasteiger partial charge on any atom is -0.480 e. The second-order valence-electron chi connectivity index (χ2n) is 7.48. The van der Waals surface area contributed by atoms with E-state index in [0.717, 1.165) is 31.0 Å². The van der Waals surface area contributed by atoms with E-state index in [-0.39, 0.29) is 23.9 Å². The molecule has 0 aliphatic carbocycles. The van der Waals surface area contributed by atoms with E-state index in [9.17, 15) is 14.0 Å². The van der Waals surface area contributed by atoms with E-state index in [0.29, 0.717) is 18.0 Å². The maximum absolute atomic E-state index is 14.7. The lowest BCUT2D eigenvalue weighted by molar-refractivity contribution is -0.138. The Balaban J connectivity index is 1.38. The lowest BCUT2D eigenvalue weighted by Crippen LogP contribution is -2.46. The lowest BCUT2D eigenvalue weighted by Gasteiger charge is -2.34. The number of carbonyl (C=O) groups is 2.